The number of hydrogen-bond acceptors (Lipinski definition) is 3. The molecule has 1 aromatic heterocycles. The Morgan fingerprint density at radius 2 is 2.21 bits per heavy atom. The Morgan fingerprint density at radius 1 is 1.32 bits per heavy atom. The van der Waals surface area contributed by atoms with Crippen molar-refractivity contribution in [2.24, 2.45) is 0 Å². The van der Waals surface area contributed by atoms with Crippen LogP contribution in [0.4, 0.5) is 0 Å². The molecule has 1 aliphatic rings. The summed E-state index contributed by atoms with van der Waals surface area (Å²) in [6.45, 7) is 0.881. The summed E-state index contributed by atoms with van der Waals surface area (Å²) in [7, 11) is 1.71. The van der Waals surface area contributed by atoms with Crippen molar-refractivity contribution in [3.63, 3.8) is 0 Å². The predicted octanol–water partition coefficient (Wildman–Crippen LogP) is 3.01. The molecule has 19 heavy (non-hydrogen) atoms. The molecule has 1 heterocycles. The summed E-state index contributed by atoms with van der Waals surface area (Å²) >= 11 is 0. The van der Waals surface area contributed by atoms with Gasteiger partial charge in [0.15, 0.2) is 0 Å². The summed E-state index contributed by atoms with van der Waals surface area (Å²) < 4.78 is 5.32. The minimum atomic E-state index is 0.702. The van der Waals surface area contributed by atoms with Crippen molar-refractivity contribution in [3.05, 3.63) is 48.3 Å². The highest BCUT2D eigenvalue weighted by atomic mass is 16.5. The molecule has 3 rings (SSSR count). The van der Waals surface area contributed by atoms with Crippen molar-refractivity contribution >= 4 is 0 Å². The second kappa shape index (κ2) is 5.41. The van der Waals surface area contributed by atoms with Crippen molar-refractivity contribution < 1.29 is 4.74 Å². The normalized spacial score (nSPS) is 14.4. The van der Waals surface area contributed by atoms with Gasteiger partial charge < -0.3 is 10.1 Å². The molecule has 3 heteroatoms. The summed E-state index contributed by atoms with van der Waals surface area (Å²) in [5.41, 5.74) is 3.64. The van der Waals surface area contributed by atoms with Crippen LogP contribution in [-0.2, 0) is 6.54 Å². The van der Waals surface area contributed by atoms with E-state index in [0.29, 0.717) is 6.04 Å². The van der Waals surface area contributed by atoms with Gasteiger partial charge in [0.25, 0.3) is 0 Å². The van der Waals surface area contributed by atoms with Crippen molar-refractivity contribution in [2.75, 3.05) is 7.11 Å². The number of benzene rings is 1. The number of pyridine rings is 1. The van der Waals surface area contributed by atoms with Gasteiger partial charge in [-0.25, -0.2) is 0 Å². The van der Waals surface area contributed by atoms with Crippen LogP contribution in [0.15, 0.2) is 42.7 Å². The smallest absolute Gasteiger partial charge is 0.119 e. The average molecular weight is 254 g/mol. The lowest BCUT2D eigenvalue weighted by molar-refractivity contribution is 0.414. The van der Waals surface area contributed by atoms with Gasteiger partial charge in [0, 0.05) is 30.5 Å². The average Bonchev–Trinajstić information content (AvgIpc) is 3.30. The van der Waals surface area contributed by atoms with E-state index in [9.17, 15) is 0 Å². The lowest BCUT2D eigenvalue weighted by atomic mass is 10.0. The third-order valence-corrected chi connectivity index (χ3v) is 3.44. The van der Waals surface area contributed by atoms with Gasteiger partial charge in [-0.05, 0) is 42.2 Å². The zero-order chi connectivity index (χ0) is 13.1. The molecule has 0 spiro atoms. The number of hydrogen-bond donors (Lipinski definition) is 1. The first-order chi connectivity index (χ1) is 9.36. The highest BCUT2D eigenvalue weighted by molar-refractivity contribution is 5.67. The Bertz CT molecular complexity index is 550. The molecule has 1 N–H and O–H groups in total. The van der Waals surface area contributed by atoms with Crippen LogP contribution in [0.5, 0.6) is 5.75 Å². The van der Waals surface area contributed by atoms with E-state index < -0.39 is 0 Å². The van der Waals surface area contributed by atoms with Gasteiger partial charge in [-0.3, -0.25) is 4.98 Å². The van der Waals surface area contributed by atoms with Gasteiger partial charge in [0.2, 0.25) is 0 Å². The lowest BCUT2D eigenvalue weighted by Crippen LogP contribution is -2.16. The monoisotopic (exact) mass is 254 g/mol. The zero-order valence-electron chi connectivity index (χ0n) is 11.1. The van der Waals surface area contributed by atoms with Gasteiger partial charge in [0.05, 0.1) is 7.11 Å². The molecule has 1 saturated carbocycles. The Hall–Kier alpha value is -1.87. The van der Waals surface area contributed by atoms with Crippen LogP contribution >= 0.6 is 0 Å². The van der Waals surface area contributed by atoms with E-state index in [-0.39, 0.29) is 0 Å². The maximum absolute atomic E-state index is 5.32. The second-order valence-electron chi connectivity index (χ2n) is 4.92. The minimum Gasteiger partial charge on any atom is -0.497 e. The maximum atomic E-state index is 5.32. The first-order valence-electron chi connectivity index (χ1n) is 6.67. The first-order valence-corrected chi connectivity index (χ1v) is 6.67. The number of nitrogens with zero attached hydrogens (tertiary/aromatic N) is 1. The van der Waals surface area contributed by atoms with E-state index in [2.05, 4.69) is 28.5 Å². The molecule has 0 saturated heterocycles. The number of ether oxygens (including phenoxy) is 1. The van der Waals surface area contributed by atoms with Gasteiger partial charge in [0.1, 0.15) is 5.75 Å². The number of aromatic nitrogens is 1. The Labute approximate surface area is 113 Å². The summed E-state index contributed by atoms with van der Waals surface area (Å²) in [5.74, 6) is 0.903. The molecule has 2 aromatic rings. The molecule has 1 aromatic carbocycles. The molecule has 1 aliphatic carbocycles. The minimum absolute atomic E-state index is 0.702. The fraction of sp³-hybridized carbons (Fsp3) is 0.312. The molecule has 0 amide bonds. The van der Waals surface area contributed by atoms with Crippen molar-refractivity contribution in [2.45, 2.75) is 25.4 Å². The van der Waals surface area contributed by atoms with Crippen LogP contribution in [0.2, 0.25) is 0 Å². The van der Waals surface area contributed by atoms with Gasteiger partial charge in [-0.1, -0.05) is 12.1 Å². The van der Waals surface area contributed by atoms with E-state index in [1.54, 1.807) is 13.3 Å². The highest BCUT2D eigenvalue weighted by Gasteiger charge is 2.20. The second-order valence-corrected chi connectivity index (χ2v) is 4.92. The third kappa shape index (κ3) is 2.93. The number of nitrogens with one attached hydrogen (secondary N) is 1. The third-order valence-electron chi connectivity index (χ3n) is 3.44. The molecule has 0 atom stereocenters. The van der Waals surface area contributed by atoms with Crippen LogP contribution in [-0.4, -0.2) is 18.1 Å². The van der Waals surface area contributed by atoms with Crippen molar-refractivity contribution in [1.82, 2.24) is 10.3 Å². The van der Waals surface area contributed by atoms with Crippen molar-refractivity contribution in [1.29, 1.82) is 0 Å². The van der Waals surface area contributed by atoms with Crippen LogP contribution in [0.3, 0.4) is 0 Å². The summed E-state index contributed by atoms with van der Waals surface area (Å²) in [6, 6.07) is 11.0. The quantitative estimate of drug-likeness (QED) is 0.890. The van der Waals surface area contributed by atoms with Crippen molar-refractivity contribution in [3.8, 4) is 16.9 Å². The molecular formula is C16H18N2O. The number of rotatable bonds is 5. The highest BCUT2D eigenvalue weighted by Crippen LogP contribution is 2.28. The van der Waals surface area contributed by atoms with E-state index in [1.165, 1.54) is 24.0 Å². The molecule has 0 aliphatic heterocycles. The molecule has 98 valence electrons. The Morgan fingerprint density at radius 3 is 2.89 bits per heavy atom. The Kier molecular flexibility index (Phi) is 3.47. The molecule has 1 fully saturated rings. The van der Waals surface area contributed by atoms with Gasteiger partial charge >= 0.3 is 0 Å². The Balaban J connectivity index is 1.92. The fourth-order valence-corrected chi connectivity index (χ4v) is 2.19. The summed E-state index contributed by atoms with van der Waals surface area (Å²) in [6.07, 6.45) is 6.30. The van der Waals surface area contributed by atoms with Gasteiger partial charge in [-0.15, -0.1) is 0 Å². The maximum Gasteiger partial charge on any atom is 0.119 e. The first kappa shape index (κ1) is 12.2. The summed E-state index contributed by atoms with van der Waals surface area (Å²) in [5, 5.41) is 3.56. The fourth-order valence-electron chi connectivity index (χ4n) is 2.19. The van der Waals surface area contributed by atoms with Crippen LogP contribution in [0.1, 0.15) is 18.4 Å². The topological polar surface area (TPSA) is 34.1 Å². The van der Waals surface area contributed by atoms with Crippen LogP contribution < -0.4 is 10.1 Å². The molecule has 0 radical (unpaired) electrons. The van der Waals surface area contributed by atoms with E-state index in [0.717, 1.165) is 17.9 Å². The van der Waals surface area contributed by atoms with E-state index >= 15 is 0 Å². The zero-order valence-corrected chi connectivity index (χ0v) is 11.1. The molecule has 0 unspecified atom stereocenters. The van der Waals surface area contributed by atoms with E-state index in [4.69, 9.17) is 4.74 Å². The predicted molar refractivity (Wildman–Crippen MR) is 76.1 cm³/mol. The molecular weight excluding hydrogens is 236 g/mol. The van der Waals surface area contributed by atoms with Crippen LogP contribution in [0, 0.1) is 0 Å². The lowest BCUT2D eigenvalue weighted by Gasteiger charge is -2.12. The molecule has 3 nitrogen and oxygen atoms in total. The molecule has 0 bridgehead atoms. The standard InChI is InChI=1S/C16H18N2O/c1-19-15-6-7-16(12-3-2-8-17-10-12)13(9-15)11-18-14-4-5-14/h2-3,6-10,14,18H,4-5,11H2,1H3. The SMILES string of the molecule is COc1ccc(-c2cccnc2)c(CNC2CC2)c1. The number of methoxy groups -OCH3 is 1. The van der Waals surface area contributed by atoms with Crippen LogP contribution in [0.25, 0.3) is 11.1 Å². The van der Waals surface area contributed by atoms with E-state index in [1.807, 2.05) is 18.3 Å². The van der Waals surface area contributed by atoms with Gasteiger partial charge in [-0.2, -0.15) is 0 Å². The largest absolute Gasteiger partial charge is 0.497 e. The summed E-state index contributed by atoms with van der Waals surface area (Å²) in [4.78, 5) is 4.20.